The van der Waals surface area contributed by atoms with Crippen LogP contribution in [0.2, 0.25) is 0 Å². The average Bonchev–Trinajstić information content (AvgIpc) is 2.78. The van der Waals surface area contributed by atoms with Crippen LogP contribution in [0.15, 0.2) is 23.2 Å². The molecule has 0 saturated carbocycles. The Hall–Kier alpha value is -1.32. The molecule has 9 heteroatoms. The highest BCUT2D eigenvalue weighted by atomic mass is 32.2. The van der Waals surface area contributed by atoms with Gasteiger partial charge in [0.05, 0.1) is 0 Å². The summed E-state index contributed by atoms with van der Waals surface area (Å²) >= 11 is 0. The molecule has 0 unspecified atom stereocenters. The summed E-state index contributed by atoms with van der Waals surface area (Å²) in [5.74, 6) is -1.36. The minimum Gasteiger partial charge on any atom is -0.356 e. The number of sulfonamides is 1. The summed E-state index contributed by atoms with van der Waals surface area (Å²) < 4.78 is 54.9. The molecule has 3 fully saturated rings. The van der Waals surface area contributed by atoms with Gasteiger partial charge in [-0.05, 0) is 68.7 Å². The van der Waals surface area contributed by atoms with Gasteiger partial charge in [0.25, 0.3) is 5.92 Å². The van der Waals surface area contributed by atoms with Gasteiger partial charge in [-0.15, -0.1) is 0 Å². The Bertz CT molecular complexity index is 890. The maximum atomic E-state index is 13.4. The summed E-state index contributed by atoms with van der Waals surface area (Å²) in [5, 5.41) is 0. The van der Waals surface area contributed by atoms with E-state index in [1.807, 2.05) is 0 Å². The molecule has 186 valence electrons. The van der Waals surface area contributed by atoms with Crippen molar-refractivity contribution in [3.05, 3.63) is 18.3 Å². The molecule has 0 aromatic carbocycles. The number of hydrogen-bond donors (Lipinski definition) is 0. The number of pyridine rings is 1. The second-order valence-electron chi connectivity index (χ2n) is 10.7. The first-order chi connectivity index (χ1) is 15.6. The van der Waals surface area contributed by atoms with Gasteiger partial charge in [-0.1, -0.05) is 13.8 Å². The lowest BCUT2D eigenvalue weighted by molar-refractivity contribution is -0.0221. The van der Waals surface area contributed by atoms with E-state index in [1.165, 1.54) is 25.5 Å². The third-order valence-electron chi connectivity index (χ3n) is 7.72. The molecule has 0 radical (unpaired) electrons. The molecular weight excluding hydrogens is 446 g/mol. The molecule has 0 N–H and O–H groups in total. The lowest BCUT2D eigenvalue weighted by atomic mass is 9.73. The van der Waals surface area contributed by atoms with Crippen molar-refractivity contribution >= 4 is 15.8 Å². The standard InChI is InChI=1S/C24H38F2N4O2S/c1-20(2)6-13-28-12-3-7-23(19-28)8-16-30(17-9-23)33(31,32)21-4-5-22(27-18-21)29-14-10-24(25,26)11-15-29/h4-5,18,20H,3,6-17,19H2,1-2H3. The van der Waals surface area contributed by atoms with Crippen LogP contribution in [-0.4, -0.2) is 74.3 Å². The number of nitrogens with zero attached hydrogens (tertiary/aromatic N) is 4. The Morgan fingerprint density at radius 2 is 1.70 bits per heavy atom. The molecule has 4 heterocycles. The summed E-state index contributed by atoms with van der Waals surface area (Å²) in [4.78, 5) is 8.87. The van der Waals surface area contributed by atoms with E-state index in [0.29, 0.717) is 24.8 Å². The summed E-state index contributed by atoms with van der Waals surface area (Å²) in [6, 6.07) is 3.22. The molecule has 0 aliphatic carbocycles. The number of anilines is 1. The van der Waals surface area contributed by atoms with Crippen LogP contribution in [0.1, 0.15) is 58.8 Å². The van der Waals surface area contributed by atoms with Crippen molar-refractivity contribution in [3.8, 4) is 0 Å². The molecule has 6 nitrogen and oxygen atoms in total. The van der Waals surface area contributed by atoms with Gasteiger partial charge in [-0.2, -0.15) is 4.31 Å². The van der Waals surface area contributed by atoms with E-state index < -0.39 is 15.9 Å². The van der Waals surface area contributed by atoms with Crippen molar-refractivity contribution in [1.82, 2.24) is 14.2 Å². The van der Waals surface area contributed by atoms with Crippen molar-refractivity contribution in [2.75, 3.05) is 50.7 Å². The van der Waals surface area contributed by atoms with E-state index in [0.717, 1.165) is 32.5 Å². The van der Waals surface area contributed by atoms with Crippen LogP contribution in [0, 0.1) is 11.3 Å². The molecular formula is C24H38F2N4O2S. The fourth-order valence-electron chi connectivity index (χ4n) is 5.47. The lowest BCUT2D eigenvalue weighted by Gasteiger charge is -2.47. The first-order valence-electron chi connectivity index (χ1n) is 12.4. The van der Waals surface area contributed by atoms with Gasteiger partial charge in [-0.3, -0.25) is 0 Å². The fraction of sp³-hybridized carbons (Fsp3) is 0.792. The van der Waals surface area contributed by atoms with E-state index >= 15 is 0 Å². The van der Waals surface area contributed by atoms with Crippen molar-refractivity contribution in [2.45, 2.75) is 69.6 Å². The average molecular weight is 485 g/mol. The molecule has 0 atom stereocenters. The van der Waals surface area contributed by atoms with Crippen LogP contribution in [0.25, 0.3) is 0 Å². The van der Waals surface area contributed by atoms with Crippen LogP contribution in [0.3, 0.4) is 0 Å². The molecule has 3 aliphatic rings. The molecule has 3 saturated heterocycles. The first kappa shape index (κ1) is 24.8. The van der Waals surface area contributed by atoms with E-state index in [9.17, 15) is 17.2 Å². The van der Waals surface area contributed by atoms with E-state index in [2.05, 4.69) is 23.7 Å². The van der Waals surface area contributed by atoms with E-state index in [1.54, 1.807) is 21.3 Å². The number of piperidine rings is 3. The topological polar surface area (TPSA) is 56.8 Å². The van der Waals surface area contributed by atoms with Gasteiger partial charge in [0.2, 0.25) is 10.0 Å². The van der Waals surface area contributed by atoms with Gasteiger partial charge >= 0.3 is 0 Å². The summed E-state index contributed by atoms with van der Waals surface area (Å²) in [6.45, 7) is 9.44. The SMILES string of the molecule is CC(C)CCN1CCCC2(CCN(S(=O)(=O)c3ccc(N4CCC(F)(F)CC4)nc3)CC2)C1. The Labute approximate surface area is 197 Å². The van der Waals surface area contributed by atoms with Gasteiger partial charge in [0.1, 0.15) is 10.7 Å². The molecule has 4 rings (SSSR count). The van der Waals surface area contributed by atoms with E-state index in [-0.39, 0.29) is 36.2 Å². The summed E-state index contributed by atoms with van der Waals surface area (Å²) in [6.07, 6.45) is 6.38. The zero-order chi connectivity index (χ0) is 23.7. The zero-order valence-corrected chi connectivity index (χ0v) is 20.8. The predicted molar refractivity (Wildman–Crippen MR) is 126 cm³/mol. The van der Waals surface area contributed by atoms with Crippen LogP contribution >= 0.6 is 0 Å². The van der Waals surface area contributed by atoms with Crippen molar-refractivity contribution in [3.63, 3.8) is 0 Å². The minimum atomic E-state index is -3.60. The second kappa shape index (κ2) is 9.74. The molecule has 3 aliphatic heterocycles. The molecule has 1 aromatic heterocycles. The molecule has 0 amide bonds. The summed E-state index contributed by atoms with van der Waals surface area (Å²) in [5.41, 5.74) is 0.236. The molecule has 1 aromatic rings. The second-order valence-corrected chi connectivity index (χ2v) is 12.6. The van der Waals surface area contributed by atoms with Gasteiger partial charge in [-0.25, -0.2) is 22.2 Å². The monoisotopic (exact) mass is 484 g/mol. The van der Waals surface area contributed by atoms with Gasteiger partial charge < -0.3 is 9.80 Å². The highest BCUT2D eigenvalue weighted by molar-refractivity contribution is 7.89. The number of halogens is 2. The Balaban J connectivity index is 1.35. The van der Waals surface area contributed by atoms with Crippen molar-refractivity contribution < 1.29 is 17.2 Å². The van der Waals surface area contributed by atoms with Crippen LogP contribution < -0.4 is 4.90 Å². The number of rotatable bonds is 6. The highest BCUT2D eigenvalue weighted by Gasteiger charge is 2.41. The first-order valence-corrected chi connectivity index (χ1v) is 13.8. The van der Waals surface area contributed by atoms with Gasteiger partial charge in [0.15, 0.2) is 0 Å². The number of aromatic nitrogens is 1. The van der Waals surface area contributed by atoms with Crippen LogP contribution in [-0.2, 0) is 10.0 Å². The maximum Gasteiger partial charge on any atom is 0.251 e. The van der Waals surface area contributed by atoms with Crippen molar-refractivity contribution in [2.24, 2.45) is 11.3 Å². The third kappa shape index (κ3) is 5.85. The largest absolute Gasteiger partial charge is 0.356 e. The summed E-state index contributed by atoms with van der Waals surface area (Å²) in [7, 11) is -3.60. The van der Waals surface area contributed by atoms with Crippen LogP contribution in [0.4, 0.5) is 14.6 Å². The maximum absolute atomic E-state index is 13.4. The number of likely N-dealkylation sites (tertiary alicyclic amines) is 1. The Morgan fingerprint density at radius 3 is 2.30 bits per heavy atom. The molecule has 1 spiro atoms. The molecule has 33 heavy (non-hydrogen) atoms. The van der Waals surface area contributed by atoms with Crippen molar-refractivity contribution in [1.29, 1.82) is 0 Å². The number of alkyl halides is 2. The quantitative estimate of drug-likeness (QED) is 0.605. The predicted octanol–water partition coefficient (Wildman–Crippen LogP) is 4.23. The lowest BCUT2D eigenvalue weighted by Crippen LogP contribution is -2.50. The minimum absolute atomic E-state index is 0.187. The Kier molecular flexibility index (Phi) is 7.32. The number of hydrogen-bond acceptors (Lipinski definition) is 5. The Morgan fingerprint density at radius 1 is 1.00 bits per heavy atom. The van der Waals surface area contributed by atoms with Crippen LogP contribution in [0.5, 0.6) is 0 Å². The normalized spacial score (nSPS) is 24.5. The smallest absolute Gasteiger partial charge is 0.251 e. The van der Waals surface area contributed by atoms with Gasteiger partial charge in [0, 0.05) is 51.8 Å². The fourth-order valence-corrected chi connectivity index (χ4v) is 6.86. The van der Waals surface area contributed by atoms with E-state index in [4.69, 9.17) is 0 Å². The zero-order valence-electron chi connectivity index (χ0n) is 20.0. The highest BCUT2D eigenvalue weighted by Crippen LogP contribution is 2.41. The third-order valence-corrected chi connectivity index (χ3v) is 9.61. The molecule has 0 bridgehead atoms.